The average molecular weight is 787 g/mol. The van der Waals surface area contributed by atoms with E-state index in [1.165, 1.54) is 122 Å². The Morgan fingerprint density at radius 1 is 0.357 bits per heavy atom. The summed E-state index contributed by atoms with van der Waals surface area (Å²) in [6.45, 7) is 6.52. The van der Waals surface area contributed by atoms with Gasteiger partial charge in [0.05, 0.1) is 0 Å². The molecular weight excluding hydrogens is 697 g/mol. The maximum atomic E-state index is 12.7. The number of allylic oxidation sites excluding steroid dienone is 6. The maximum absolute atomic E-state index is 12.7. The second-order valence-electron chi connectivity index (χ2n) is 16.0. The summed E-state index contributed by atoms with van der Waals surface area (Å²) in [6, 6.07) is 0. The summed E-state index contributed by atoms with van der Waals surface area (Å²) in [7, 11) is 0. The third-order valence-electron chi connectivity index (χ3n) is 10.4. The molecule has 1 atom stereocenters. The first-order valence-electron chi connectivity index (χ1n) is 24.0. The number of carbonyl (C=O) groups excluding carboxylic acids is 3. The van der Waals surface area contributed by atoms with Crippen molar-refractivity contribution in [3.05, 3.63) is 36.5 Å². The molecule has 0 aromatic carbocycles. The highest BCUT2D eigenvalue weighted by Crippen LogP contribution is 2.14. The van der Waals surface area contributed by atoms with Gasteiger partial charge in [0, 0.05) is 19.3 Å². The molecule has 0 heterocycles. The molecule has 0 radical (unpaired) electrons. The molecule has 326 valence electrons. The number of rotatable bonds is 43. The van der Waals surface area contributed by atoms with E-state index >= 15 is 0 Å². The smallest absolute Gasteiger partial charge is 0.306 e. The molecule has 6 nitrogen and oxygen atoms in total. The third-order valence-corrected chi connectivity index (χ3v) is 10.4. The molecular formula is C50H90O6. The maximum Gasteiger partial charge on any atom is 0.306 e. The Bertz CT molecular complexity index is 953. The lowest BCUT2D eigenvalue weighted by molar-refractivity contribution is -0.167. The zero-order chi connectivity index (χ0) is 40.8. The Labute approximate surface area is 346 Å². The molecule has 0 aliphatic heterocycles. The first kappa shape index (κ1) is 53.6. The fourth-order valence-corrected chi connectivity index (χ4v) is 6.70. The van der Waals surface area contributed by atoms with Crippen LogP contribution in [0, 0.1) is 0 Å². The first-order valence-corrected chi connectivity index (χ1v) is 24.0. The van der Waals surface area contributed by atoms with Crippen LogP contribution in [0.5, 0.6) is 0 Å². The van der Waals surface area contributed by atoms with Gasteiger partial charge in [-0.05, 0) is 77.0 Å². The molecule has 0 fully saturated rings. The van der Waals surface area contributed by atoms with E-state index in [0.717, 1.165) is 83.5 Å². The molecule has 0 aromatic rings. The molecule has 6 heteroatoms. The Morgan fingerprint density at radius 3 is 1.02 bits per heavy atom. The number of esters is 3. The van der Waals surface area contributed by atoms with Gasteiger partial charge >= 0.3 is 17.9 Å². The zero-order valence-corrected chi connectivity index (χ0v) is 37.2. The second-order valence-corrected chi connectivity index (χ2v) is 16.0. The predicted octanol–water partition coefficient (Wildman–Crippen LogP) is 15.4. The molecule has 0 N–H and O–H groups in total. The van der Waals surface area contributed by atoms with Gasteiger partial charge in [0.25, 0.3) is 0 Å². The van der Waals surface area contributed by atoms with Crippen LogP contribution < -0.4 is 0 Å². The minimum absolute atomic E-state index is 0.0782. The fourth-order valence-electron chi connectivity index (χ4n) is 6.70. The van der Waals surface area contributed by atoms with Crippen molar-refractivity contribution < 1.29 is 28.6 Å². The molecule has 0 spiro atoms. The molecule has 0 aromatic heterocycles. The van der Waals surface area contributed by atoms with E-state index in [1.807, 2.05) is 0 Å². The van der Waals surface area contributed by atoms with E-state index in [9.17, 15) is 14.4 Å². The van der Waals surface area contributed by atoms with E-state index in [0.29, 0.717) is 19.3 Å². The third kappa shape index (κ3) is 42.8. The first-order chi connectivity index (χ1) is 27.5. The highest BCUT2D eigenvalue weighted by atomic mass is 16.6. The monoisotopic (exact) mass is 787 g/mol. The summed E-state index contributed by atoms with van der Waals surface area (Å²) in [5.74, 6) is -0.904. The minimum Gasteiger partial charge on any atom is -0.462 e. The summed E-state index contributed by atoms with van der Waals surface area (Å²) in [6.07, 6.45) is 51.6. The lowest BCUT2D eigenvalue weighted by Gasteiger charge is -2.18. The van der Waals surface area contributed by atoms with Gasteiger partial charge in [0.1, 0.15) is 13.2 Å². The van der Waals surface area contributed by atoms with Crippen molar-refractivity contribution in [2.45, 2.75) is 252 Å². The van der Waals surface area contributed by atoms with Gasteiger partial charge in [0.2, 0.25) is 0 Å². The SMILES string of the molecule is CCCCCC/C=C\C/C=C\CCCCCCCCCC(=O)OCC(COC(=O)CCCCCCC)OC(=O)CCCCCCC/C=C\CCCCCCCC. The van der Waals surface area contributed by atoms with Crippen LogP contribution in [0.1, 0.15) is 245 Å². The molecule has 56 heavy (non-hydrogen) atoms. The van der Waals surface area contributed by atoms with Crippen molar-refractivity contribution >= 4 is 17.9 Å². The second kappa shape index (κ2) is 45.3. The normalized spacial score (nSPS) is 12.3. The number of hydrogen-bond acceptors (Lipinski definition) is 6. The Kier molecular flexibility index (Phi) is 43.4. The highest BCUT2D eigenvalue weighted by Gasteiger charge is 2.19. The summed E-state index contributed by atoms with van der Waals surface area (Å²) in [5.41, 5.74) is 0. The number of hydrogen-bond donors (Lipinski definition) is 0. The van der Waals surface area contributed by atoms with E-state index in [4.69, 9.17) is 14.2 Å². The number of ether oxygens (including phenoxy) is 3. The molecule has 0 bridgehead atoms. The van der Waals surface area contributed by atoms with Crippen LogP contribution in [0.2, 0.25) is 0 Å². The van der Waals surface area contributed by atoms with Gasteiger partial charge in [-0.25, -0.2) is 0 Å². The van der Waals surface area contributed by atoms with Crippen LogP contribution >= 0.6 is 0 Å². The van der Waals surface area contributed by atoms with Crippen molar-refractivity contribution in [1.29, 1.82) is 0 Å². The van der Waals surface area contributed by atoms with Crippen LogP contribution in [0.4, 0.5) is 0 Å². The summed E-state index contributed by atoms with van der Waals surface area (Å²) in [4.78, 5) is 37.5. The van der Waals surface area contributed by atoms with Crippen molar-refractivity contribution in [1.82, 2.24) is 0 Å². The van der Waals surface area contributed by atoms with Crippen LogP contribution in [0.3, 0.4) is 0 Å². The van der Waals surface area contributed by atoms with E-state index < -0.39 is 6.10 Å². The van der Waals surface area contributed by atoms with Gasteiger partial charge in [-0.1, -0.05) is 186 Å². The standard InChI is InChI=1S/C50H90O6/c1-4-7-10-13-15-17-19-21-23-24-25-27-28-30-32-34-37-40-43-49(52)55-46-47(45-54-48(51)42-39-36-12-9-6-3)56-50(53)44-41-38-35-33-31-29-26-22-20-18-16-14-11-8-5-2/h17,19,22-24,26,47H,4-16,18,20-21,25,27-46H2,1-3H3/b19-17-,24-23-,26-22-. The van der Waals surface area contributed by atoms with Gasteiger partial charge in [-0.3, -0.25) is 14.4 Å². The van der Waals surface area contributed by atoms with Gasteiger partial charge in [0.15, 0.2) is 6.10 Å². The largest absolute Gasteiger partial charge is 0.462 e. The van der Waals surface area contributed by atoms with E-state index in [-0.39, 0.29) is 31.1 Å². The van der Waals surface area contributed by atoms with E-state index in [2.05, 4.69) is 57.2 Å². The molecule has 0 aliphatic carbocycles. The summed E-state index contributed by atoms with van der Waals surface area (Å²) < 4.78 is 16.6. The predicted molar refractivity (Wildman–Crippen MR) is 238 cm³/mol. The van der Waals surface area contributed by atoms with Crippen molar-refractivity contribution in [2.75, 3.05) is 13.2 Å². The van der Waals surface area contributed by atoms with Crippen LogP contribution in [-0.2, 0) is 28.6 Å². The molecule has 1 unspecified atom stereocenters. The Morgan fingerprint density at radius 2 is 0.643 bits per heavy atom. The molecule has 0 aliphatic rings. The zero-order valence-electron chi connectivity index (χ0n) is 37.2. The van der Waals surface area contributed by atoms with Crippen LogP contribution in [-0.4, -0.2) is 37.2 Å². The molecule has 0 saturated carbocycles. The lowest BCUT2D eigenvalue weighted by Crippen LogP contribution is -2.30. The summed E-state index contributed by atoms with van der Waals surface area (Å²) >= 11 is 0. The lowest BCUT2D eigenvalue weighted by atomic mass is 10.1. The Balaban J connectivity index is 4.21. The Hall–Kier alpha value is -2.37. The van der Waals surface area contributed by atoms with Crippen LogP contribution in [0.15, 0.2) is 36.5 Å². The highest BCUT2D eigenvalue weighted by molar-refractivity contribution is 5.71. The summed E-state index contributed by atoms with van der Waals surface area (Å²) in [5, 5.41) is 0. The number of unbranched alkanes of at least 4 members (excludes halogenated alkanes) is 26. The van der Waals surface area contributed by atoms with Crippen molar-refractivity contribution in [3.63, 3.8) is 0 Å². The van der Waals surface area contributed by atoms with Crippen molar-refractivity contribution in [3.8, 4) is 0 Å². The van der Waals surface area contributed by atoms with Gasteiger partial charge in [-0.2, -0.15) is 0 Å². The van der Waals surface area contributed by atoms with Crippen molar-refractivity contribution in [2.24, 2.45) is 0 Å². The quantitative estimate of drug-likeness (QED) is 0.0265. The fraction of sp³-hybridized carbons (Fsp3) is 0.820. The molecule has 0 rings (SSSR count). The number of carbonyl (C=O) groups is 3. The molecule has 0 amide bonds. The topological polar surface area (TPSA) is 78.9 Å². The van der Waals surface area contributed by atoms with Crippen LogP contribution in [0.25, 0.3) is 0 Å². The van der Waals surface area contributed by atoms with Gasteiger partial charge in [-0.15, -0.1) is 0 Å². The van der Waals surface area contributed by atoms with Gasteiger partial charge < -0.3 is 14.2 Å². The van der Waals surface area contributed by atoms with E-state index in [1.54, 1.807) is 0 Å². The molecule has 0 saturated heterocycles. The average Bonchev–Trinajstić information content (AvgIpc) is 3.19. The minimum atomic E-state index is -0.773.